The summed E-state index contributed by atoms with van der Waals surface area (Å²) < 4.78 is 45.3. The highest BCUT2D eigenvalue weighted by Crippen LogP contribution is 2.34. The largest absolute Gasteiger partial charge is 0.493 e. The first kappa shape index (κ1) is 20.1. The summed E-state index contributed by atoms with van der Waals surface area (Å²) in [6, 6.07) is 2.33. The Hall–Kier alpha value is -2.93. The highest BCUT2D eigenvalue weighted by atomic mass is 32.2. The SMILES string of the molecule is CN=C(NC(=O)OCc1cc(OC)c(OC)cc1[N+](=O)[O-])S(=O)(=O)O. The molecule has 138 valence electrons. The van der Waals surface area contributed by atoms with Crippen LogP contribution in [0.5, 0.6) is 11.5 Å². The van der Waals surface area contributed by atoms with Gasteiger partial charge in [0.1, 0.15) is 6.61 Å². The summed E-state index contributed by atoms with van der Waals surface area (Å²) in [5, 5.41) is 11.8. The molecule has 0 aromatic heterocycles. The van der Waals surface area contributed by atoms with Gasteiger partial charge in [-0.1, -0.05) is 0 Å². The number of rotatable bonds is 5. The summed E-state index contributed by atoms with van der Waals surface area (Å²) in [4.78, 5) is 25.1. The number of alkyl carbamates (subject to hydrolysis) is 1. The predicted octanol–water partition coefficient (Wildman–Crippen LogP) is 0.712. The van der Waals surface area contributed by atoms with E-state index in [4.69, 9.17) is 18.8 Å². The topological polar surface area (TPSA) is 167 Å². The third-order valence-electron chi connectivity index (χ3n) is 2.80. The van der Waals surface area contributed by atoms with Crippen molar-refractivity contribution in [2.24, 2.45) is 4.99 Å². The third-order valence-corrected chi connectivity index (χ3v) is 3.57. The summed E-state index contributed by atoms with van der Waals surface area (Å²) in [6.07, 6.45) is -1.29. The van der Waals surface area contributed by atoms with Crippen LogP contribution in [0.1, 0.15) is 5.56 Å². The average Bonchev–Trinajstić information content (AvgIpc) is 2.55. The van der Waals surface area contributed by atoms with Gasteiger partial charge in [0.15, 0.2) is 11.5 Å². The van der Waals surface area contributed by atoms with E-state index in [2.05, 4.69) is 4.99 Å². The Bertz CT molecular complexity index is 804. The quantitative estimate of drug-likeness (QED) is 0.247. The Morgan fingerprint density at radius 3 is 2.32 bits per heavy atom. The fourth-order valence-electron chi connectivity index (χ4n) is 1.70. The molecule has 25 heavy (non-hydrogen) atoms. The van der Waals surface area contributed by atoms with Gasteiger partial charge in [0.05, 0.1) is 30.8 Å². The Labute approximate surface area is 142 Å². The van der Waals surface area contributed by atoms with Gasteiger partial charge in [-0.15, -0.1) is 0 Å². The molecule has 0 heterocycles. The molecule has 1 rings (SSSR count). The second kappa shape index (κ2) is 8.25. The van der Waals surface area contributed by atoms with Gasteiger partial charge in [0, 0.05) is 7.05 Å². The lowest BCUT2D eigenvalue weighted by molar-refractivity contribution is -0.385. The van der Waals surface area contributed by atoms with Crippen LogP contribution in [0.15, 0.2) is 17.1 Å². The van der Waals surface area contributed by atoms with Crippen molar-refractivity contribution in [3.05, 3.63) is 27.8 Å². The lowest BCUT2D eigenvalue weighted by Gasteiger charge is -2.11. The van der Waals surface area contributed by atoms with E-state index in [9.17, 15) is 23.3 Å². The molecule has 0 aliphatic carbocycles. The molecule has 1 amide bonds. The van der Waals surface area contributed by atoms with E-state index in [1.807, 2.05) is 0 Å². The lowest BCUT2D eigenvalue weighted by Crippen LogP contribution is -2.36. The van der Waals surface area contributed by atoms with E-state index in [0.29, 0.717) is 0 Å². The molecule has 12 nitrogen and oxygen atoms in total. The molecule has 0 atom stereocenters. The van der Waals surface area contributed by atoms with Gasteiger partial charge >= 0.3 is 16.2 Å². The van der Waals surface area contributed by atoms with Gasteiger partial charge in [-0.2, -0.15) is 8.42 Å². The lowest BCUT2D eigenvalue weighted by atomic mass is 10.1. The highest BCUT2D eigenvalue weighted by Gasteiger charge is 2.22. The highest BCUT2D eigenvalue weighted by molar-refractivity contribution is 8.01. The molecule has 0 saturated heterocycles. The number of ether oxygens (including phenoxy) is 3. The molecule has 0 aliphatic rings. The van der Waals surface area contributed by atoms with Gasteiger partial charge in [-0.3, -0.25) is 25.0 Å². The summed E-state index contributed by atoms with van der Waals surface area (Å²) in [6.45, 7) is -0.578. The Morgan fingerprint density at radius 2 is 1.88 bits per heavy atom. The molecule has 0 fully saturated rings. The Morgan fingerprint density at radius 1 is 1.32 bits per heavy atom. The number of nitrogens with one attached hydrogen (secondary N) is 1. The number of nitro groups is 1. The minimum absolute atomic E-state index is 0.0281. The molecule has 0 saturated carbocycles. The molecule has 0 aliphatic heterocycles. The van der Waals surface area contributed by atoms with Crippen LogP contribution in [-0.2, 0) is 21.5 Å². The van der Waals surface area contributed by atoms with Crippen molar-refractivity contribution in [1.82, 2.24) is 5.32 Å². The monoisotopic (exact) mass is 377 g/mol. The molecule has 1 aromatic rings. The number of aliphatic imine (C=N–C) groups is 1. The first-order valence-corrected chi connectivity index (χ1v) is 7.85. The maximum absolute atomic E-state index is 11.6. The van der Waals surface area contributed by atoms with Gasteiger partial charge in [0.25, 0.3) is 10.9 Å². The first-order valence-electron chi connectivity index (χ1n) is 6.41. The first-order chi connectivity index (χ1) is 11.6. The summed E-state index contributed by atoms with van der Waals surface area (Å²) in [5.41, 5.74) is -0.427. The van der Waals surface area contributed by atoms with E-state index < -0.39 is 38.6 Å². The number of carbonyl (C=O) groups excluding carboxylic acids is 1. The van der Waals surface area contributed by atoms with Crippen molar-refractivity contribution in [3.63, 3.8) is 0 Å². The van der Waals surface area contributed by atoms with Crippen LogP contribution in [0.4, 0.5) is 10.5 Å². The zero-order chi connectivity index (χ0) is 19.2. The maximum Gasteiger partial charge on any atom is 0.413 e. The molecule has 13 heteroatoms. The second-order valence-electron chi connectivity index (χ2n) is 4.30. The molecule has 0 spiro atoms. The molecule has 2 N–H and O–H groups in total. The minimum Gasteiger partial charge on any atom is -0.493 e. The van der Waals surface area contributed by atoms with Gasteiger partial charge in [-0.25, -0.2) is 4.79 Å². The number of amides is 1. The van der Waals surface area contributed by atoms with Crippen molar-refractivity contribution < 1.29 is 36.9 Å². The van der Waals surface area contributed by atoms with Crippen LogP contribution in [0.3, 0.4) is 0 Å². The number of nitrogens with zero attached hydrogens (tertiary/aromatic N) is 2. The van der Waals surface area contributed by atoms with Crippen molar-refractivity contribution in [3.8, 4) is 11.5 Å². The number of amidine groups is 1. The number of methoxy groups -OCH3 is 2. The van der Waals surface area contributed by atoms with E-state index >= 15 is 0 Å². The molecule has 1 aromatic carbocycles. The minimum atomic E-state index is -4.74. The smallest absolute Gasteiger partial charge is 0.413 e. The predicted molar refractivity (Wildman–Crippen MR) is 84.4 cm³/mol. The van der Waals surface area contributed by atoms with Crippen LogP contribution in [-0.4, -0.2) is 50.4 Å². The maximum atomic E-state index is 11.6. The molecule has 0 bridgehead atoms. The van der Waals surface area contributed by atoms with Crippen LogP contribution in [0.2, 0.25) is 0 Å². The summed E-state index contributed by atoms with van der Waals surface area (Å²) in [5.74, 6) is 0.273. The van der Waals surface area contributed by atoms with E-state index in [1.54, 1.807) is 5.32 Å². The molecular weight excluding hydrogens is 362 g/mol. The fourth-order valence-corrected chi connectivity index (χ4v) is 2.14. The molecular formula is C12H15N3O9S. The molecule has 0 radical (unpaired) electrons. The van der Waals surface area contributed by atoms with Crippen LogP contribution in [0, 0.1) is 10.1 Å². The fraction of sp³-hybridized carbons (Fsp3) is 0.333. The number of nitro benzene ring substituents is 1. The zero-order valence-electron chi connectivity index (χ0n) is 13.4. The van der Waals surface area contributed by atoms with Crippen molar-refractivity contribution in [2.75, 3.05) is 21.3 Å². The Balaban J connectivity index is 2.99. The van der Waals surface area contributed by atoms with Crippen LogP contribution in [0.25, 0.3) is 0 Å². The summed E-state index contributed by atoms with van der Waals surface area (Å²) in [7, 11) is -1.11. The third kappa shape index (κ3) is 5.29. The average molecular weight is 377 g/mol. The second-order valence-corrected chi connectivity index (χ2v) is 5.63. The van der Waals surface area contributed by atoms with Gasteiger partial charge < -0.3 is 14.2 Å². The normalized spacial score (nSPS) is 11.6. The van der Waals surface area contributed by atoms with Crippen LogP contribution >= 0.6 is 0 Å². The summed E-state index contributed by atoms with van der Waals surface area (Å²) >= 11 is 0. The van der Waals surface area contributed by atoms with Gasteiger partial charge in [0.2, 0.25) is 0 Å². The van der Waals surface area contributed by atoms with E-state index in [0.717, 1.165) is 13.1 Å². The van der Waals surface area contributed by atoms with E-state index in [-0.39, 0.29) is 17.1 Å². The number of hydrogen-bond donors (Lipinski definition) is 2. The molecule has 0 unspecified atom stereocenters. The van der Waals surface area contributed by atoms with Gasteiger partial charge in [-0.05, 0) is 6.07 Å². The van der Waals surface area contributed by atoms with Crippen LogP contribution < -0.4 is 14.8 Å². The van der Waals surface area contributed by atoms with Crippen molar-refractivity contribution in [1.29, 1.82) is 0 Å². The van der Waals surface area contributed by atoms with Crippen molar-refractivity contribution >= 4 is 27.1 Å². The zero-order valence-corrected chi connectivity index (χ0v) is 14.2. The Kier molecular flexibility index (Phi) is 6.64. The number of carbonyl (C=O) groups is 1. The van der Waals surface area contributed by atoms with E-state index in [1.165, 1.54) is 20.3 Å². The number of hydrogen-bond acceptors (Lipinski definition) is 9. The van der Waals surface area contributed by atoms with Crippen molar-refractivity contribution in [2.45, 2.75) is 6.61 Å². The standard InChI is InChI=1S/C12H15N3O9S/c1-13-11(25(19,20)21)14-12(16)24-6-7-4-9(22-2)10(23-3)5-8(7)15(17)18/h4-5H,6H2,1-3H3,(H,13,14,16)(H,19,20,21). The number of benzene rings is 1.